The molecule has 0 aromatic heterocycles. The molecule has 2 amide bonds. The lowest BCUT2D eigenvalue weighted by Gasteiger charge is -2.20. The molecule has 0 aliphatic carbocycles. The topological polar surface area (TPSA) is 72.2 Å². The molecule has 122 valence electrons. The average Bonchev–Trinajstić information content (AvgIpc) is 2.36. The Morgan fingerprint density at radius 2 is 1.68 bits per heavy atom. The maximum absolute atomic E-state index is 11.8. The van der Waals surface area contributed by atoms with Crippen LogP contribution in [-0.4, -0.2) is 17.9 Å². The third-order valence-electron chi connectivity index (χ3n) is 3.53. The summed E-state index contributed by atoms with van der Waals surface area (Å²) in [5, 5.41) is 2.73. The predicted molar refractivity (Wildman–Crippen MR) is 89.4 cm³/mol. The number of hydrogen-bond acceptors (Lipinski definition) is 2. The molecule has 0 saturated heterocycles. The smallest absolute Gasteiger partial charge is 0.240 e. The van der Waals surface area contributed by atoms with Crippen molar-refractivity contribution in [1.82, 2.24) is 5.32 Å². The Kier molecular flexibility index (Phi) is 6.15. The van der Waals surface area contributed by atoms with Crippen molar-refractivity contribution in [3.05, 3.63) is 35.4 Å². The summed E-state index contributed by atoms with van der Waals surface area (Å²) in [6.07, 6.45) is 0.816. The van der Waals surface area contributed by atoms with Gasteiger partial charge in [0.25, 0.3) is 0 Å². The van der Waals surface area contributed by atoms with Gasteiger partial charge in [-0.2, -0.15) is 0 Å². The number of nitrogens with two attached hydrogens (primary N) is 1. The van der Waals surface area contributed by atoms with Crippen molar-refractivity contribution in [1.29, 1.82) is 0 Å². The molecule has 0 spiro atoms. The van der Waals surface area contributed by atoms with Crippen LogP contribution in [0.1, 0.15) is 52.2 Å². The molecule has 4 nitrogen and oxygen atoms in total. The number of hydrogen-bond donors (Lipinski definition) is 2. The molecule has 0 bridgehead atoms. The van der Waals surface area contributed by atoms with Gasteiger partial charge in [-0.1, -0.05) is 58.9 Å². The summed E-state index contributed by atoms with van der Waals surface area (Å²) < 4.78 is 0. The molecule has 0 unspecified atom stereocenters. The van der Waals surface area contributed by atoms with Crippen molar-refractivity contribution in [2.45, 2.75) is 58.9 Å². The van der Waals surface area contributed by atoms with E-state index in [1.807, 2.05) is 26.0 Å². The van der Waals surface area contributed by atoms with Crippen LogP contribution in [-0.2, 0) is 21.4 Å². The Morgan fingerprint density at radius 1 is 1.14 bits per heavy atom. The minimum absolute atomic E-state index is 0.0904. The predicted octanol–water partition coefficient (Wildman–Crippen LogP) is 2.54. The summed E-state index contributed by atoms with van der Waals surface area (Å²) in [4.78, 5) is 23.4. The van der Waals surface area contributed by atoms with Crippen LogP contribution in [0.4, 0.5) is 0 Å². The Bertz CT molecular complexity index is 513. The summed E-state index contributed by atoms with van der Waals surface area (Å²) in [6, 6.07) is 7.44. The van der Waals surface area contributed by atoms with Gasteiger partial charge >= 0.3 is 0 Å². The van der Waals surface area contributed by atoms with Crippen molar-refractivity contribution in [2.24, 2.45) is 11.7 Å². The van der Waals surface area contributed by atoms with Crippen molar-refractivity contribution >= 4 is 11.8 Å². The molecule has 0 saturated carbocycles. The van der Waals surface area contributed by atoms with Gasteiger partial charge in [-0.05, 0) is 22.5 Å². The van der Waals surface area contributed by atoms with Crippen LogP contribution in [0.15, 0.2) is 24.3 Å². The summed E-state index contributed by atoms with van der Waals surface area (Å²) in [5.74, 6) is -0.387. The average molecular weight is 304 g/mol. The Morgan fingerprint density at radius 3 is 2.09 bits per heavy atom. The summed E-state index contributed by atoms with van der Waals surface area (Å²) in [7, 11) is 0. The number of nitrogens with one attached hydrogen (secondary N) is 1. The van der Waals surface area contributed by atoms with Gasteiger partial charge in [0.1, 0.15) is 6.04 Å². The highest BCUT2D eigenvalue weighted by molar-refractivity contribution is 5.86. The standard InChI is InChI=1S/C18H28N2O2/c1-12(2)10-16(21)20-15(17(19)22)11-13-6-8-14(9-7-13)18(3,4)5/h6-9,12,15H,10-11H2,1-5H3,(H2,19,22)(H,20,21)/t15-/m0/s1. The molecule has 3 N–H and O–H groups in total. The third kappa shape index (κ3) is 5.88. The van der Waals surface area contributed by atoms with Gasteiger partial charge in [0.2, 0.25) is 11.8 Å². The summed E-state index contributed by atoms with van der Waals surface area (Å²) >= 11 is 0. The van der Waals surface area contributed by atoms with Gasteiger partial charge in [-0.15, -0.1) is 0 Å². The van der Waals surface area contributed by atoms with E-state index < -0.39 is 11.9 Å². The maximum atomic E-state index is 11.8. The molecule has 1 rings (SSSR count). The van der Waals surface area contributed by atoms with Crippen LogP contribution in [0.2, 0.25) is 0 Å². The van der Waals surface area contributed by atoms with Crippen LogP contribution >= 0.6 is 0 Å². The monoisotopic (exact) mass is 304 g/mol. The molecular formula is C18H28N2O2. The van der Waals surface area contributed by atoms with Gasteiger partial charge in [-0.3, -0.25) is 9.59 Å². The molecule has 0 radical (unpaired) electrons. The SMILES string of the molecule is CC(C)CC(=O)N[C@@H](Cc1ccc(C(C)(C)C)cc1)C(N)=O. The van der Waals surface area contributed by atoms with Crippen LogP contribution in [0, 0.1) is 5.92 Å². The first-order valence-electron chi connectivity index (χ1n) is 7.77. The molecule has 4 heteroatoms. The summed E-state index contributed by atoms with van der Waals surface area (Å²) in [6.45, 7) is 10.4. The minimum Gasteiger partial charge on any atom is -0.368 e. The third-order valence-corrected chi connectivity index (χ3v) is 3.53. The van der Waals surface area contributed by atoms with E-state index in [0.717, 1.165) is 5.56 Å². The largest absolute Gasteiger partial charge is 0.368 e. The molecule has 1 atom stereocenters. The number of carbonyl (C=O) groups excluding carboxylic acids is 2. The Hall–Kier alpha value is -1.84. The second kappa shape index (κ2) is 7.43. The van der Waals surface area contributed by atoms with E-state index in [2.05, 4.69) is 38.2 Å². The van der Waals surface area contributed by atoms with Crippen LogP contribution < -0.4 is 11.1 Å². The molecule has 0 fully saturated rings. The lowest BCUT2D eigenvalue weighted by Crippen LogP contribution is -2.46. The van der Waals surface area contributed by atoms with E-state index in [9.17, 15) is 9.59 Å². The van der Waals surface area contributed by atoms with E-state index in [1.54, 1.807) is 0 Å². The highest BCUT2D eigenvalue weighted by atomic mass is 16.2. The van der Waals surface area contributed by atoms with Crippen LogP contribution in [0.25, 0.3) is 0 Å². The quantitative estimate of drug-likeness (QED) is 0.847. The van der Waals surface area contributed by atoms with E-state index in [-0.39, 0.29) is 17.2 Å². The van der Waals surface area contributed by atoms with Gasteiger partial charge in [0.15, 0.2) is 0 Å². The first-order valence-corrected chi connectivity index (χ1v) is 7.77. The fourth-order valence-corrected chi connectivity index (χ4v) is 2.22. The number of amides is 2. The zero-order valence-electron chi connectivity index (χ0n) is 14.3. The molecule has 0 aliphatic rings. The molecule has 1 aromatic rings. The molecular weight excluding hydrogens is 276 g/mol. The van der Waals surface area contributed by atoms with Gasteiger partial charge in [0, 0.05) is 12.8 Å². The van der Waals surface area contributed by atoms with Crippen LogP contribution in [0.5, 0.6) is 0 Å². The van der Waals surface area contributed by atoms with E-state index in [0.29, 0.717) is 12.8 Å². The first kappa shape index (κ1) is 18.2. The summed E-state index contributed by atoms with van der Waals surface area (Å²) in [5.41, 5.74) is 7.72. The fraction of sp³-hybridized carbons (Fsp3) is 0.556. The zero-order chi connectivity index (χ0) is 16.9. The van der Waals surface area contributed by atoms with Gasteiger partial charge < -0.3 is 11.1 Å². The molecule has 1 aromatic carbocycles. The zero-order valence-corrected chi connectivity index (χ0v) is 14.3. The molecule has 22 heavy (non-hydrogen) atoms. The number of primary amides is 1. The lowest BCUT2D eigenvalue weighted by atomic mass is 9.86. The highest BCUT2D eigenvalue weighted by Crippen LogP contribution is 2.22. The first-order chi connectivity index (χ1) is 10.1. The fourth-order valence-electron chi connectivity index (χ4n) is 2.22. The highest BCUT2D eigenvalue weighted by Gasteiger charge is 2.19. The van der Waals surface area contributed by atoms with E-state index in [1.165, 1.54) is 5.56 Å². The van der Waals surface area contributed by atoms with Crippen LogP contribution in [0.3, 0.4) is 0 Å². The second-order valence-corrected chi connectivity index (χ2v) is 7.27. The van der Waals surface area contributed by atoms with E-state index >= 15 is 0 Å². The van der Waals surface area contributed by atoms with Crippen molar-refractivity contribution in [3.8, 4) is 0 Å². The van der Waals surface area contributed by atoms with Gasteiger partial charge in [-0.25, -0.2) is 0 Å². The molecule has 0 heterocycles. The number of benzene rings is 1. The second-order valence-electron chi connectivity index (χ2n) is 7.27. The molecule has 0 aliphatic heterocycles. The lowest BCUT2D eigenvalue weighted by molar-refractivity contribution is -0.127. The van der Waals surface area contributed by atoms with Crippen molar-refractivity contribution < 1.29 is 9.59 Å². The number of carbonyl (C=O) groups is 2. The van der Waals surface area contributed by atoms with Gasteiger partial charge in [0.05, 0.1) is 0 Å². The Labute approximate surface area is 133 Å². The minimum atomic E-state index is -0.660. The number of rotatable bonds is 6. The van der Waals surface area contributed by atoms with Crippen molar-refractivity contribution in [3.63, 3.8) is 0 Å². The Balaban J connectivity index is 2.75. The maximum Gasteiger partial charge on any atom is 0.240 e. The normalized spacial score (nSPS) is 13.0. The van der Waals surface area contributed by atoms with E-state index in [4.69, 9.17) is 5.73 Å². The van der Waals surface area contributed by atoms with Crippen molar-refractivity contribution in [2.75, 3.05) is 0 Å².